The Hall–Kier alpha value is -3.07. The molecule has 4 rings (SSSR count). The molecule has 0 atom stereocenters. The van der Waals surface area contributed by atoms with Crippen molar-refractivity contribution in [1.82, 2.24) is 14.9 Å². The van der Waals surface area contributed by atoms with E-state index in [9.17, 15) is 23.5 Å². The van der Waals surface area contributed by atoms with Gasteiger partial charge in [0.05, 0.1) is 16.4 Å². The minimum absolute atomic E-state index is 0.236. The summed E-state index contributed by atoms with van der Waals surface area (Å²) in [7, 11) is 1.78. The Morgan fingerprint density at radius 1 is 1.38 bits per heavy atom. The number of hydrogen-bond acceptors (Lipinski definition) is 5. The molecule has 2 aliphatic heterocycles. The van der Waals surface area contributed by atoms with Crippen LogP contribution in [-0.2, 0) is 13.0 Å². The van der Waals surface area contributed by atoms with Crippen LogP contribution in [0.2, 0.25) is 5.02 Å². The quantitative estimate of drug-likeness (QED) is 0.737. The number of nitrogens with zero attached hydrogens (tertiary/aromatic N) is 3. The Morgan fingerprint density at radius 2 is 2.10 bits per heavy atom. The number of amides is 1. The highest BCUT2D eigenvalue weighted by Crippen LogP contribution is 2.33. The van der Waals surface area contributed by atoms with Crippen LogP contribution in [0.3, 0.4) is 0 Å². The molecule has 152 valence electrons. The largest absolute Gasteiger partial charge is 0.503 e. The molecule has 2 aliphatic rings. The van der Waals surface area contributed by atoms with E-state index < -0.39 is 40.8 Å². The summed E-state index contributed by atoms with van der Waals surface area (Å²) >= 11 is 5.66. The Balaban J connectivity index is 1.73. The smallest absolute Gasteiger partial charge is 0.257 e. The van der Waals surface area contributed by atoms with Crippen molar-refractivity contribution in [1.29, 1.82) is 0 Å². The lowest BCUT2D eigenvalue weighted by Crippen LogP contribution is -2.47. The number of aromatic hydroxyl groups is 1. The topological polar surface area (TPSA) is 77.8 Å². The number of benzene rings is 1. The molecule has 10 heteroatoms. The van der Waals surface area contributed by atoms with Crippen LogP contribution in [0, 0.1) is 11.6 Å². The van der Waals surface area contributed by atoms with Crippen molar-refractivity contribution in [2.75, 3.05) is 25.3 Å². The van der Waals surface area contributed by atoms with Gasteiger partial charge in [0.2, 0.25) is 5.43 Å². The second kappa shape index (κ2) is 6.77. The molecule has 0 fully saturated rings. The molecule has 0 radical (unpaired) electrons. The minimum atomic E-state index is -0.980. The molecule has 0 unspecified atom stereocenters. The van der Waals surface area contributed by atoms with Gasteiger partial charge in [-0.25, -0.2) is 8.78 Å². The minimum Gasteiger partial charge on any atom is -0.503 e. The Labute approximate surface area is 169 Å². The molecule has 3 heterocycles. The molecular formula is C19H17ClF2N4O3. The van der Waals surface area contributed by atoms with Gasteiger partial charge in [-0.1, -0.05) is 18.2 Å². The summed E-state index contributed by atoms with van der Waals surface area (Å²) < 4.78 is 29.6. The van der Waals surface area contributed by atoms with Crippen molar-refractivity contribution in [2.24, 2.45) is 0 Å². The zero-order chi connectivity index (χ0) is 21.0. The summed E-state index contributed by atoms with van der Waals surface area (Å²) in [5.74, 6) is -3.28. The Morgan fingerprint density at radius 3 is 2.83 bits per heavy atom. The average molecular weight is 423 g/mol. The van der Waals surface area contributed by atoms with Gasteiger partial charge in [-0.3, -0.25) is 19.3 Å². The predicted octanol–water partition coefficient (Wildman–Crippen LogP) is 1.78. The lowest BCUT2D eigenvalue weighted by molar-refractivity contribution is 0.0947. The van der Waals surface area contributed by atoms with E-state index in [0.717, 1.165) is 12.1 Å². The third kappa shape index (κ3) is 2.84. The Kier molecular flexibility index (Phi) is 4.49. The van der Waals surface area contributed by atoms with Crippen molar-refractivity contribution in [3.8, 4) is 5.75 Å². The van der Waals surface area contributed by atoms with E-state index in [1.807, 2.05) is 5.01 Å². The summed E-state index contributed by atoms with van der Waals surface area (Å²) in [5, 5.41) is 14.4. The van der Waals surface area contributed by atoms with Crippen LogP contribution in [0.4, 0.5) is 8.78 Å². The highest BCUT2D eigenvalue weighted by molar-refractivity contribution is 6.30. The maximum Gasteiger partial charge on any atom is 0.257 e. The van der Waals surface area contributed by atoms with E-state index in [1.165, 1.54) is 0 Å². The molecule has 1 aromatic carbocycles. The number of nitrogens with one attached hydrogen (secondary N) is 1. The van der Waals surface area contributed by atoms with Gasteiger partial charge < -0.3 is 15.3 Å². The normalized spacial score (nSPS) is 15.0. The predicted molar refractivity (Wildman–Crippen MR) is 103 cm³/mol. The van der Waals surface area contributed by atoms with Crippen LogP contribution >= 0.6 is 11.6 Å². The number of halogens is 3. The molecule has 0 aliphatic carbocycles. The molecular weight excluding hydrogens is 406 g/mol. The van der Waals surface area contributed by atoms with Gasteiger partial charge in [-0.15, -0.1) is 0 Å². The highest BCUT2D eigenvalue weighted by atomic mass is 35.5. The fourth-order valence-corrected chi connectivity index (χ4v) is 3.88. The summed E-state index contributed by atoms with van der Waals surface area (Å²) in [6.07, 6.45) is 0.395. The number of rotatable bonds is 3. The first-order chi connectivity index (χ1) is 13.7. The number of aromatic nitrogens is 1. The van der Waals surface area contributed by atoms with Crippen molar-refractivity contribution in [3.05, 3.63) is 68.1 Å². The van der Waals surface area contributed by atoms with E-state index in [1.54, 1.807) is 16.6 Å². The summed E-state index contributed by atoms with van der Waals surface area (Å²) in [6.45, 7) is 4.41. The molecule has 7 nitrogen and oxygen atoms in total. The zero-order valence-corrected chi connectivity index (χ0v) is 16.2. The van der Waals surface area contributed by atoms with Gasteiger partial charge in [0, 0.05) is 32.1 Å². The molecule has 1 aromatic heterocycles. The molecule has 2 N–H and O–H groups in total. The number of pyridine rings is 1. The van der Waals surface area contributed by atoms with Crippen molar-refractivity contribution >= 4 is 23.2 Å². The van der Waals surface area contributed by atoms with Gasteiger partial charge in [0.1, 0.15) is 29.6 Å². The van der Waals surface area contributed by atoms with E-state index in [0.29, 0.717) is 31.0 Å². The van der Waals surface area contributed by atoms with Gasteiger partial charge in [0.25, 0.3) is 5.91 Å². The van der Waals surface area contributed by atoms with Gasteiger partial charge in [-0.2, -0.15) is 0 Å². The van der Waals surface area contributed by atoms with E-state index in [2.05, 4.69) is 11.9 Å². The van der Waals surface area contributed by atoms with Crippen LogP contribution in [0.25, 0.3) is 5.70 Å². The SMILES string of the molecule is C=C1c2c(O)c(=O)c(C(=O)NCc3c(F)ccc(Cl)c3F)c3n2N(CC3)CN1C. The lowest BCUT2D eigenvalue weighted by atomic mass is 10.1. The molecule has 29 heavy (non-hydrogen) atoms. The first kappa shape index (κ1) is 19.3. The molecule has 0 saturated carbocycles. The standard InChI is InChI=1S/C19H17ClF2N4O3/c1-9-16-18(28)17(27)14(13-5-6-25(26(13)16)8-24(9)2)19(29)23-7-10-12(21)4-3-11(20)15(10)22/h3-4,28H,1,5-8H2,2H3,(H,23,29). The van der Waals surface area contributed by atoms with Crippen molar-refractivity contribution in [2.45, 2.75) is 13.0 Å². The maximum absolute atomic E-state index is 14.1. The van der Waals surface area contributed by atoms with Crippen LogP contribution < -0.4 is 15.8 Å². The first-order valence-electron chi connectivity index (χ1n) is 8.79. The first-order valence-corrected chi connectivity index (χ1v) is 9.17. The lowest BCUT2D eigenvalue weighted by Gasteiger charge is -2.38. The van der Waals surface area contributed by atoms with Gasteiger partial charge in [-0.05, 0) is 12.1 Å². The third-order valence-electron chi connectivity index (χ3n) is 5.21. The van der Waals surface area contributed by atoms with Gasteiger partial charge >= 0.3 is 0 Å². The van der Waals surface area contributed by atoms with E-state index >= 15 is 0 Å². The van der Waals surface area contributed by atoms with Crippen LogP contribution in [0.5, 0.6) is 5.75 Å². The van der Waals surface area contributed by atoms with Crippen molar-refractivity contribution < 1.29 is 18.7 Å². The number of carbonyl (C=O) groups is 1. The molecule has 0 bridgehead atoms. The number of carbonyl (C=O) groups excluding carboxylic acids is 1. The maximum atomic E-state index is 14.1. The monoisotopic (exact) mass is 422 g/mol. The number of hydrogen-bond donors (Lipinski definition) is 2. The summed E-state index contributed by atoms with van der Waals surface area (Å²) in [4.78, 5) is 27.3. The second-order valence-corrected chi connectivity index (χ2v) is 7.34. The zero-order valence-electron chi connectivity index (χ0n) is 15.4. The van der Waals surface area contributed by atoms with Crippen LogP contribution in [-0.4, -0.2) is 40.9 Å². The van der Waals surface area contributed by atoms with Gasteiger partial charge in [0.15, 0.2) is 5.75 Å². The third-order valence-corrected chi connectivity index (χ3v) is 5.51. The molecule has 0 saturated heterocycles. The highest BCUT2D eigenvalue weighted by Gasteiger charge is 2.36. The fourth-order valence-electron chi connectivity index (χ4n) is 3.70. The van der Waals surface area contributed by atoms with Crippen LogP contribution in [0.15, 0.2) is 23.5 Å². The van der Waals surface area contributed by atoms with Crippen molar-refractivity contribution in [3.63, 3.8) is 0 Å². The molecule has 2 aromatic rings. The Bertz CT molecular complexity index is 1130. The summed E-state index contributed by atoms with van der Waals surface area (Å²) in [6, 6.07) is 2.07. The van der Waals surface area contributed by atoms with E-state index in [-0.39, 0.29) is 16.3 Å². The van der Waals surface area contributed by atoms with Crippen LogP contribution in [0.1, 0.15) is 27.3 Å². The second-order valence-electron chi connectivity index (χ2n) is 6.93. The van der Waals surface area contributed by atoms with E-state index in [4.69, 9.17) is 11.6 Å². The fraction of sp³-hybridized carbons (Fsp3) is 0.263. The summed E-state index contributed by atoms with van der Waals surface area (Å²) in [5.41, 5.74) is -0.417. The molecule has 0 spiro atoms. The molecule has 1 amide bonds. The average Bonchev–Trinajstić information content (AvgIpc) is 3.08.